The number of ether oxygens (including phenoxy) is 1. The number of thiazole rings is 1. The molecule has 0 amide bonds. The van der Waals surface area contributed by atoms with Crippen molar-refractivity contribution in [2.45, 2.75) is 26.7 Å². The van der Waals surface area contributed by atoms with Crippen LogP contribution in [0, 0.1) is 6.92 Å². The third-order valence-corrected chi connectivity index (χ3v) is 3.61. The number of nitrogens with zero attached hydrogens (tertiary/aromatic N) is 1. The molecular weight excluding hydrogens is 244 g/mol. The largest absolute Gasteiger partial charge is 0.494 e. The SMILES string of the molecule is CCOc1cccc(CCc2nc(N)sc2C)c1. The number of anilines is 1. The summed E-state index contributed by atoms with van der Waals surface area (Å²) in [5, 5.41) is 0.658. The predicted molar refractivity (Wildman–Crippen MR) is 76.3 cm³/mol. The second kappa shape index (κ2) is 5.87. The molecule has 0 atom stereocenters. The van der Waals surface area contributed by atoms with Crippen LogP contribution < -0.4 is 10.5 Å². The first kappa shape index (κ1) is 12.9. The molecule has 0 fully saturated rings. The summed E-state index contributed by atoms with van der Waals surface area (Å²) in [7, 11) is 0. The lowest BCUT2D eigenvalue weighted by atomic mass is 10.1. The van der Waals surface area contributed by atoms with Crippen LogP contribution in [-0.4, -0.2) is 11.6 Å². The zero-order chi connectivity index (χ0) is 13.0. The molecule has 2 N–H and O–H groups in total. The third-order valence-electron chi connectivity index (χ3n) is 2.77. The molecule has 0 saturated carbocycles. The summed E-state index contributed by atoms with van der Waals surface area (Å²) in [4.78, 5) is 5.57. The highest BCUT2D eigenvalue weighted by Gasteiger charge is 2.06. The number of nitrogens with two attached hydrogens (primary N) is 1. The molecule has 0 unspecified atom stereocenters. The summed E-state index contributed by atoms with van der Waals surface area (Å²) in [6.45, 7) is 4.76. The lowest BCUT2D eigenvalue weighted by molar-refractivity contribution is 0.340. The number of aryl methyl sites for hydroxylation is 3. The minimum absolute atomic E-state index is 0.658. The topological polar surface area (TPSA) is 48.1 Å². The average Bonchev–Trinajstić information content (AvgIpc) is 2.66. The molecule has 2 aromatic rings. The molecule has 1 aromatic heterocycles. The van der Waals surface area contributed by atoms with Crippen molar-refractivity contribution >= 4 is 16.5 Å². The Morgan fingerprint density at radius 1 is 1.33 bits per heavy atom. The zero-order valence-electron chi connectivity index (χ0n) is 10.8. The molecule has 3 nitrogen and oxygen atoms in total. The van der Waals surface area contributed by atoms with Gasteiger partial charge in [-0.05, 0) is 44.4 Å². The van der Waals surface area contributed by atoms with Crippen LogP contribution in [0.15, 0.2) is 24.3 Å². The van der Waals surface area contributed by atoms with Gasteiger partial charge in [0.25, 0.3) is 0 Å². The van der Waals surface area contributed by atoms with E-state index in [-0.39, 0.29) is 0 Å². The zero-order valence-corrected chi connectivity index (χ0v) is 11.6. The van der Waals surface area contributed by atoms with Crippen molar-refractivity contribution in [2.24, 2.45) is 0 Å². The maximum absolute atomic E-state index is 5.70. The summed E-state index contributed by atoms with van der Waals surface area (Å²) in [6, 6.07) is 8.23. The van der Waals surface area contributed by atoms with E-state index in [9.17, 15) is 0 Å². The minimum atomic E-state index is 0.658. The molecule has 2 rings (SSSR count). The van der Waals surface area contributed by atoms with Crippen molar-refractivity contribution in [3.63, 3.8) is 0 Å². The van der Waals surface area contributed by atoms with E-state index in [4.69, 9.17) is 10.5 Å². The summed E-state index contributed by atoms with van der Waals surface area (Å²) in [6.07, 6.45) is 1.89. The first-order valence-electron chi connectivity index (χ1n) is 6.12. The highest BCUT2D eigenvalue weighted by Crippen LogP contribution is 2.21. The lowest BCUT2D eigenvalue weighted by Gasteiger charge is -2.05. The van der Waals surface area contributed by atoms with Gasteiger partial charge in [0.15, 0.2) is 5.13 Å². The van der Waals surface area contributed by atoms with Crippen LogP contribution in [0.1, 0.15) is 23.1 Å². The molecule has 0 bridgehead atoms. The van der Waals surface area contributed by atoms with E-state index in [0.717, 1.165) is 24.3 Å². The van der Waals surface area contributed by atoms with Crippen LogP contribution in [0.2, 0.25) is 0 Å². The predicted octanol–water partition coefficient (Wildman–Crippen LogP) is 3.22. The van der Waals surface area contributed by atoms with Crippen LogP contribution >= 0.6 is 11.3 Å². The van der Waals surface area contributed by atoms with Crippen molar-refractivity contribution in [3.8, 4) is 5.75 Å². The summed E-state index contributed by atoms with van der Waals surface area (Å²) >= 11 is 1.56. The molecular formula is C14H18N2OS. The number of hydrogen-bond donors (Lipinski definition) is 1. The van der Waals surface area contributed by atoms with E-state index >= 15 is 0 Å². The van der Waals surface area contributed by atoms with Gasteiger partial charge in [-0.3, -0.25) is 0 Å². The van der Waals surface area contributed by atoms with Crippen molar-refractivity contribution in [1.82, 2.24) is 4.98 Å². The Bertz CT molecular complexity index is 522. The van der Waals surface area contributed by atoms with Gasteiger partial charge in [-0.1, -0.05) is 12.1 Å². The highest BCUT2D eigenvalue weighted by molar-refractivity contribution is 7.15. The fourth-order valence-corrected chi connectivity index (χ4v) is 2.64. The number of benzene rings is 1. The van der Waals surface area contributed by atoms with Crippen LogP contribution in [-0.2, 0) is 12.8 Å². The summed E-state index contributed by atoms with van der Waals surface area (Å²) in [5.74, 6) is 0.935. The molecule has 0 aliphatic carbocycles. The van der Waals surface area contributed by atoms with E-state index in [1.807, 2.05) is 19.1 Å². The van der Waals surface area contributed by atoms with Gasteiger partial charge in [0.05, 0.1) is 12.3 Å². The van der Waals surface area contributed by atoms with Crippen LogP contribution in [0.5, 0.6) is 5.75 Å². The Hall–Kier alpha value is -1.55. The maximum atomic E-state index is 5.70. The summed E-state index contributed by atoms with van der Waals surface area (Å²) in [5.41, 5.74) is 8.08. The van der Waals surface area contributed by atoms with Crippen LogP contribution in [0.3, 0.4) is 0 Å². The average molecular weight is 262 g/mol. The Kier molecular flexibility index (Phi) is 4.20. The fourth-order valence-electron chi connectivity index (χ4n) is 1.90. The van der Waals surface area contributed by atoms with Gasteiger partial charge in [0.2, 0.25) is 0 Å². The third kappa shape index (κ3) is 3.23. The van der Waals surface area contributed by atoms with Gasteiger partial charge < -0.3 is 10.5 Å². The number of hydrogen-bond acceptors (Lipinski definition) is 4. The van der Waals surface area contributed by atoms with Gasteiger partial charge in [-0.25, -0.2) is 4.98 Å². The van der Waals surface area contributed by atoms with E-state index in [2.05, 4.69) is 24.0 Å². The highest BCUT2D eigenvalue weighted by atomic mass is 32.1. The van der Waals surface area contributed by atoms with Gasteiger partial charge >= 0.3 is 0 Å². The van der Waals surface area contributed by atoms with E-state index in [1.165, 1.54) is 10.4 Å². The Labute approximate surface area is 112 Å². The first-order chi connectivity index (χ1) is 8.69. The molecule has 18 heavy (non-hydrogen) atoms. The molecule has 0 saturated heterocycles. The van der Waals surface area contributed by atoms with Gasteiger partial charge in [0.1, 0.15) is 5.75 Å². The number of rotatable bonds is 5. The van der Waals surface area contributed by atoms with Gasteiger partial charge in [-0.2, -0.15) is 0 Å². The van der Waals surface area contributed by atoms with E-state index in [1.54, 1.807) is 11.3 Å². The normalized spacial score (nSPS) is 10.6. The molecule has 0 aliphatic heterocycles. The van der Waals surface area contributed by atoms with Crippen molar-refractivity contribution in [2.75, 3.05) is 12.3 Å². The second-order valence-corrected chi connectivity index (χ2v) is 5.37. The molecule has 0 radical (unpaired) electrons. The molecule has 1 aromatic carbocycles. The van der Waals surface area contributed by atoms with Crippen molar-refractivity contribution in [1.29, 1.82) is 0 Å². The van der Waals surface area contributed by atoms with Crippen molar-refractivity contribution < 1.29 is 4.74 Å². The molecule has 0 aliphatic rings. The molecule has 0 spiro atoms. The Morgan fingerprint density at radius 2 is 2.17 bits per heavy atom. The summed E-state index contributed by atoms with van der Waals surface area (Å²) < 4.78 is 5.49. The van der Waals surface area contributed by atoms with Crippen LogP contribution in [0.4, 0.5) is 5.13 Å². The lowest BCUT2D eigenvalue weighted by Crippen LogP contribution is -1.96. The standard InChI is InChI=1S/C14H18N2OS/c1-3-17-12-6-4-5-11(9-12)7-8-13-10(2)18-14(15)16-13/h4-6,9H,3,7-8H2,1-2H3,(H2,15,16). The fraction of sp³-hybridized carbons (Fsp3) is 0.357. The monoisotopic (exact) mass is 262 g/mol. The molecule has 96 valence electrons. The quantitative estimate of drug-likeness (QED) is 0.900. The number of nitrogen functional groups attached to an aromatic ring is 1. The Morgan fingerprint density at radius 3 is 2.83 bits per heavy atom. The number of aromatic nitrogens is 1. The molecule has 4 heteroatoms. The van der Waals surface area contributed by atoms with Crippen molar-refractivity contribution in [3.05, 3.63) is 40.4 Å². The van der Waals surface area contributed by atoms with Gasteiger partial charge in [0, 0.05) is 4.88 Å². The second-order valence-electron chi connectivity index (χ2n) is 4.14. The van der Waals surface area contributed by atoms with E-state index < -0.39 is 0 Å². The first-order valence-corrected chi connectivity index (χ1v) is 6.94. The maximum Gasteiger partial charge on any atom is 0.180 e. The van der Waals surface area contributed by atoms with E-state index in [0.29, 0.717) is 11.7 Å². The van der Waals surface area contributed by atoms with Crippen LogP contribution in [0.25, 0.3) is 0 Å². The molecule has 1 heterocycles. The Balaban J connectivity index is 2.01. The smallest absolute Gasteiger partial charge is 0.180 e. The van der Waals surface area contributed by atoms with Gasteiger partial charge in [-0.15, -0.1) is 11.3 Å². The minimum Gasteiger partial charge on any atom is -0.494 e.